The Balaban J connectivity index is 0.00000441. The van der Waals surface area contributed by atoms with E-state index in [0.717, 1.165) is 19.0 Å². The lowest BCUT2D eigenvalue weighted by Crippen LogP contribution is -2.56. The molecule has 1 N–H and O–H groups in total. The minimum absolute atomic E-state index is 0. The molecule has 0 bridgehead atoms. The summed E-state index contributed by atoms with van der Waals surface area (Å²) < 4.78 is 38.2. The van der Waals surface area contributed by atoms with Crippen molar-refractivity contribution in [3.05, 3.63) is 0 Å². The van der Waals surface area contributed by atoms with Crippen LogP contribution in [0.25, 0.3) is 0 Å². The fourth-order valence-electron chi connectivity index (χ4n) is 2.22. The topological polar surface area (TPSA) is 30.9 Å². The van der Waals surface area contributed by atoms with Crippen molar-refractivity contribution in [2.75, 3.05) is 39.3 Å². The van der Waals surface area contributed by atoms with Crippen LogP contribution in [0.15, 0.2) is 4.99 Å². The third kappa shape index (κ3) is 6.89. The second kappa shape index (κ2) is 9.79. The van der Waals surface area contributed by atoms with E-state index in [0.29, 0.717) is 32.1 Å². The van der Waals surface area contributed by atoms with Crippen LogP contribution in [0.4, 0.5) is 13.2 Å². The van der Waals surface area contributed by atoms with Gasteiger partial charge in [0.25, 0.3) is 0 Å². The average Bonchev–Trinajstić information content (AvgIpc) is 2.41. The summed E-state index contributed by atoms with van der Waals surface area (Å²) in [5.41, 5.74) is 0. The van der Waals surface area contributed by atoms with Crippen molar-refractivity contribution in [1.82, 2.24) is 15.1 Å². The van der Waals surface area contributed by atoms with Crippen LogP contribution in [0, 0.1) is 5.92 Å². The highest BCUT2D eigenvalue weighted by Crippen LogP contribution is 2.25. The lowest BCUT2D eigenvalue weighted by atomic mass is 10.2. The normalized spacial score (nSPS) is 19.1. The monoisotopic (exact) mass is 436 g/mol. The molecule has 1 saturated heterocycles. The molecule has 1 aliphatic rings. The quantitative estimate of drug-likeness (QED) is 0.418. The van der Waals surface area contributed by atoms with Crippen LogP contribution in [0.3, 0.4) is 0 Å². The third-order valence-corrected chi connectivity index (χ3v) is 3.58. The summed E-state index contributed by atoms with van der Waals surface area (Å²) in [5, 5.41) is 3.22. The predicted octanol–water partition coefficient (Wildman–Crippen LogP) is 2.79. The highest BCUT2D eigenvalue weighted by molar-refractivity contribution is 14.0. The van der Waals surface area contributed by atoms with Gasteiger partial charge < -0.3 is 10.2 Å². The lowest BCUT2D eigenvalue weighted by molar-refractivity contribution is -0.181. The number of piperazine rings is 1. The fraction of sp³-hybridized carbons (Fsp3) is 0.929. The summed E-state index contributed by atoms with van der Waals surface area (Å²) in [6.45, 7) is 10.9. The van der Waals surface area contributed by atoms with Gasteiger partial charge in [-0.15, -0.1) is 24.0 Å². The molecule has 0 saturated carbocycles. The first-order chi connectivity index (χ1) is 9.75. The Kier molecular flexibility index (Phi) is 9.68. The first-order valence-electron chi connectivity index (χ1n) is 7.59. The fourth-order valence-corrected chi connectivity index (χ4v) is 2.22. The van der Waals surface area contributed by atoms with Gasteiger partial charge in [-0.2, -0.15) is 13.2 Å². The molecule has 4 nitrogen and oxygen atoms in total. The Morgan fingerprint density at radius 1 is 1.14 bits per heavy atom. The van der Waals surface area contributed by atoms with Gasteiger partial charge in [-0.3, -0.25) is 9.89 Å². The van der Waals surface area contributed by atoms with Gasteiger partial charge in [0, 0.05) is 39.3 Å². The van der Waals surface area contributed by atoms with Gasteiger partial charge in [-0.1, -0.05) is 13.8 Å². The number of alkyl halides is 3. The van der Waals surface area contributed by atoms with Crippen molar-refractivity contribution in [3.8, 4) is 0 Å². The molecule has 0 amide bonds. The van der Waals surface area contributed by atoms with E-state index in [4.69, 9.17) is 0 Å². The van der Waals surface area contributed by atoms with Crippen molar-refractivity contribution in [2.24, 2.45) is 10.9 Å². The molecule has 22 heavy (non-hydrogen) atoms. The second-order valence-electron chi connectivity index (χ2n) is 5.83. The average molecular weight is 436 g/mol. The standard InChI is InChI=1S/C14H27F3N4.HI/c1-5-18-13(19-10-11(2)3)21-8-6-20(7-9-21)12(4)14(15,16)17;/h11-12H,5-10H2,1-4H3,(H,18,19);1H. The van der Waals surface area contributed by atoms with Gasteiger partial charge >= 0.3 is 6.18 Å². The van der Waals surface area contributed by atoms with Crippen LogP contribution in [0.1, 0.15) is 27.7 Å². The minimum atomic E-state index is -4.15. The predicted molar refractivity (Wildman–Crippen MR) is 94.9 cm³/mol. The van der Waals surface area contributed by atoms with Gasteiger partial charge in [0.15, 0.2) is 5.96 Å². The molecule has 0 aromatic rings. The van der Waals surface area contributed by atoms with Crippen molar-refractivity contribution < 1.29 is 13.2 Å². The van der Waals surface area contributed by atoms with Crippen molar-refractivity contribution in [3.63, 3.8) is 0 Å². The maximum Gasteiger partial charge on any atom is 0.403 e. The van der Waals surface area contributed by atoms with Crippen LogP contribution < -0.4 is 5.32 Å². The molecule has 8 heteroatoms. The third-order valence-electron chi connectivity index (χ3n) is 3.58. The molecule has 0 aliphatic carbocycles. The summed E-state index contributed by atoms with van der Waals surface area (Å²) in [7, 11) is 0. The van der Waals surface area contributed by atoms with Gasteiger partial charge in [-0.05, 0) is 19.8 Å². The van der Waals surface area contributed by atoms with E-state index < -0.39 is 12.2 Å². The van der Waals surface area contributed by atoms with E-state index in [1.165, 1.54) is 11.8 Å². The Morgan fingerprint density at radius 3 is 2.09 bits per heavy atom. The molecule has 0 radical (unpaired) electrons. The van der Waals surface area contributed by atoms with E-state index in [1.807, 2.05) is 11.8 Å². The Hall–Kier alpha value is -0.250. The molecule has 1 fully saturated rings. The van der Waals surface area contributed by atoms with Crippen LogP contribution in [-0.4, -0.2) is 67.2 Å². The molecule has 0 spiro atoms. The SMILES string of the molecule is CCNC(=NCC(C)C)N1CCN(C(C)C(F)(F)F)CC1.I. The molecule has 1 unspecified atom stereocenters. The van der Waals surface area contributed by atoms with Gasteiger partial charge in [-0.25, -0.2) is 0 Å². The zero-order valence-electron chi connectivity index (χ0n) is 13.8. The maximum atomic E-state index is 12.7. The number of halogens is 4. The van der Waals surface area contributed by atoms with Gasteiger partial charge in [0.1, 0.15) is 6.04 Å². The first-order valence-corrected chi connectivity index (χ1v) is 7.59. The van der Waals surface area contributed by atoms with Crippen LogP contribution >= 0.6 is 24.0 Å². The molecular weight excluding hydrogens is 408 g/mol. The van der Waals surface area contributed by atoms with E-state index in [1.54, 1.807) is 0 Å². The summed E-state index contributed by atoms with van der Waals surface area (Å²) in [6, 6.07) is -1.38. The number of aliphatic imine (C=N–C) groups is 1. The Bertz CT molecular complexity index is 339. The van der Waals surface area contributed by atoms with Crippen LogP contribution in [-0.2, 0) is 0 Å². The molecular formula is C14H28F3IN4. The minimum Gasteiger partial charge on any atom is -0.357 e. The molecule has 1 rings (SSSR count). The maximum absolute atomic E-state index is 12.7. The largest absolute Gasteiger partial charge is 0.403 e. The zero-order valence-corrected chi connectivity index (χ0v) is 16.1. The number of hydrogen-bond donors (Lipinski definition) is 1. The Morgan fingerprint density at radius 2 is 1.68 bits per heavy atom. The van der Waals surface area contributed by atoms with E-state index in [-0.39, 0.29) is 24.0 Å². The smallest absolute Gasteiger partial charge is 0.357 e. The van der Waals surface area contributed by atoms with Crippen LogP contribution in [0.5, 0.6) is 0 Å². The van der Waals surface area contributed by atoms with Crippen molar-refractivity contribution in [2.45, 2.75) is 39.9 Å². The molecule has 1 aliphatic heterocycles. The number of nitrogens with one attached hydrogen (secondary N) is 1. The number of hydrogen-bond acceptors (Lipinski definition) is 2. The lowest BCUT2D eigenvalue weighted by Gasteiger charge is -2.39. The molecule has 1 atom stereocenters. The summed E-state index contributed by atoms with van der Waals surface area (Å²) >= 11 is 0. The molecule has 0 aromatic carbocycles. The highest BCUT2D eigenvalue weighted by atomic mass is 127. The van der Waals surface area contributed by atoms with Crippen molar-refractivity contribution in [1.29, 1.82) is 0 Å². The number of rotatable bonds is 4. The second-order valence-corrected chi connectivity index (χ2v) is 5.83. The summed E-state index contributed by atoms with van der Waals surface area (Å²) in [4.78, 5) is 8.08. The molecule has 1 heterocycles. The zero-order chi connectivity index (χ0) is 16.0. The molecule has 132 valence electrons. The summed E-state index contributed by atoms with van der Waals surface area (Å²) in [6.07, 6.45) is -4.15. The first kappa shape index (κ1) is 21.8. The summed E-state index contributed by atoms with van der Waals surface area (Å²) in [5.74, 6) is 1.27. The van der Waals surface area contributed by atoms with E-state index in [9.17, 15) is 13.2 Å². The van der Waals surface area contributed by atoms with Gasteiger partial charge in [0.2, 0.25) is 0 Å². The molecule has 0 aromatic heterocycles. The van der Waals surface area contributed by atoms with Crippen LogP contribution in [0.2, 0.25) is 0 Å². The van der Waals surface area contributed by atoms with Crippen molar-refractivity contribution >= 4 is 29.9 Å². The van der Waals surface area contributed by atoms with E-state index in [2.05, 4.69) is 24.2 Å². The van der Waals surface area contributed by atoms with E-state index >= 15 is 0 Å². The Labute approximate surface area is 148 Å². The van der Waals surface area contributed by atoms with Gasteiger partial charge in [0.05, 0.1) is 0 Å². The number of guanidine groups is 1. The highest BCUT2D eigenvalue weighted by Gasteiger charge is 2.41. The number of nitrogens with zero attached hydrogens (tertiary/aromatic N) is 3.